The molecule has 1 aliphatic carbocycles. The number of rotatable bonds is 3. The lowest BCUT2D eigenvalue weighted by atomic mass is 10.1. The van der Waals surface area contributed by atoms with Gasteiger partial charge in [0.1, 0.15) is 10.7 Å². The summed E-state index contributed by atoms with van der Waals surface area (Å²) in [5, 5.41) is 8.61. The van der Waals surface area contributed by atoms with Crippen molar-refractivity contribution in [1.29, 1.82) is 0 Å². The van der Waals surface area contributed by atoms with Crippen LogP contribution in [0.4, 0.5) is 0 Å². The first kappa shape index (κ1) is 14.7. The second kappa shape index (κ2) is 5.65. The van der Waals surface area contributed by atoms with Crippen molar-refractivity contribution < 1.29 is 9.59 Å². The molecule has 0 aliphatic heterocycles. The molecule has 3 aromatic rings. The van der Waals surface area contributed by atoms with Crippen molar-refractivity contribution in [3.05, 3.63) is 63.6 Å². The number of nitrogens with zero attached hydrogens (tertiary/aromatic N) is 2. The summed E-state index contributed by atoms with van der Waals surface area (Å²) in [5.74, 6) is -0.444. The number of aryl methyl sites for hydroxylation is 1. The molecule has 1 amide bonds. The molecule has 2 aromatic carbocycles. The number of hydrogen-bond acceptors (Lipinski definition) is 5. The third-order valence-electron chi connectivity index (χ3n) is 3.89. The standard InChI is InChI=1S/C18H13N3O2S/c1-10-9-24-15(19-10)8-14(22)20-21-17-12-6-2-4-11-5-3-7-13(16(11)12)18(17)23/h2-7,9H,8H2,1H3,(H,20,22)/b21-17-. The van der Waals surface area contributed by atoms with E-state index in [1.807, 2.05) is 42.6 Å². The zero-order valence-corrected chi connectivity index (χ0v) is 13.7. The zero-order valence-electron chi connectivity index (χ0n) is 12.9. The first-order valence-electron chi connectivity index (χ1n) is 7.48. The largest absolute Gasteiger partial charge is 0.287 e. The minimum atomic E-state index is -0.284. The highest BCUT2D eigenvalue weighted by Crippen LogP contribution is 2.30. The molecule has 118 valence electrons. The van der Waals surface area contributed by atoms with E-state index >= 15 is 0 Å². The fraction of sp³-hybridized carbons (Fsp3) is 0.111. The van der Waals surface area contributed by atoms with Gasteiger partial charge in [-0.25, -0.2) is 10.4 Å². The van der Waals surface area contributed by atoms with Crippen LogP contribution in [0.5, 0.6) is 0 Å². The van der Waals surface area contributed by atoms with E-state index in [9.17, 15) is 9.59 Å². The van der Waals surface area contributed by atoms with Crippen LogP contribution in [0.15, 0.2) is 46.9 Å². The van der Waals surface area contributed by atoms with Gasteiger partial charge in [-0.3, -0.25) is 9.59 Å². The molecule has 24 heavy (non-hydrogen) atoms. The molecule has 0 saturated heterocycles. The predicted octanol–water partition coefficient (Wildman–Crippen LogP) is 2.86. The smallest absolute Gasteiger partial charge is 0.246 e. The van der Waals surface area contributed by atoms with Gasteiger partial charge < -0.3 is 0 Å². The van der Waals surface area contributed by atoms with Gasteiger partial charge in [0.2, 0.25) is 11.7 Å². The van der Waals surface area contributed by atoms with Crippen LogP contribution in [0.25, 0.3) is 10.8 Å². The molecule has 1 heterocycles. The Morgan fingerprint density at radius 1 is 1.21 bits per heavy atom. The Kier molecular flexibility index (Phi) is 3.46. The van der Waals surface area contributed by atoms with Crippen molar-refractivity contribution in [1.82, 2.24) is 10.4 Å². The third kappa shape index (κ3) is 2.41. The summed E-state index contributed by atoms with van der Waals surface area (Å²) in [6, 6.07) is 11.3. The molecular weight excluding hydrogens is 322 g/mol. The fourth-order valence-electron chi connectivity index (χ4n) is 2.87. The average molecular weight is 335 g/mol. The average Bonchev–Trinajstić information content (AvgIpc) is 3.10. The lowest BCUT2D eigenvalue weighted by Crippen LogP contribution is -2.23. The fourth-order valence-corrected chi connectivity index (χ4v) is 3.64. The molecule has 6 heteroatoms. The number of nitrogens with one attached hydrogen (secondary N) is 1. The minimum absolute atomic E-state index is 0.153. The summed E-state index contributed by atoms with van der Waals surface area (Å²) < 4.78 is 0. The van der Waals surface area contributed by atoms with Crippen molar-refractivity contribution in [2.24, 2.45) is 5.10 Å². The molecule has 0 bridgehead atoms. The Morgan fingerprint density at radius 2 is 1.96 bits per heavy atom. The maximum absolute atomic E-state index is 12.6. The van der Waals surface area contributed by atoms with E-state index in [1.54, 1.807) is 6.07 Å². The molecular formula is C18H13N3O2S. The lowest BCUT2D eigenvalue weighted by molar-refractivity contribution is -0.120. The Balaban J connectivity index is 1.61. The second-order valence-corrected chi connectivity index (χ2v) is 6.54. The summed E-state index contributed by atoms with van der Waals surface area (Å²) in [6.07, 6.45) is 0.153. The van der Waals surface area contributed by atoms with Gasteiger partial charge in [-0.1, -0.05) is 36.4 Å². The van der Waals surface area contributed by atoms with Gasteiger partial charge >= 0.3 is 0 Å². The number of thiazole rings is 1. The zero-order chi connectivity index (χ0) is 16.7. The van der Waals surface area contributed by atoms with E-state index in [2.05, 4.69) is 15.5 Å². The maximum atomic E-state index is 12.6. The topological polar surface area (TPSA) is 71.4 Å². The van der Waals surface area contributed by atoms with E-state index in [-0.39, 0.29) is 23.8 Å². The number of hydrazone groups is 1. The van der Waals surface area contributed by atoms with Crippen LogP contribution in [0, 0.1) is 6.92 Å². The third-order valence-corrected chi connectivity index (χ3v) is 4.86. The van der Waals surface area contributed by atoms with Gasteiger partial charge in [0.25, 0.3) is 0 Å². The molecule has 5 nitrogen and oxygen atoms in total. The van der Waals surface area contributed by atoms with Crippen molar-refractivity contribution in [3.63, 3.8) is 0 Å². The number of amides is 1. The highest BCUT2D eigenvalue weighted by Gasteiger charge is 2.28. The number of Topliss-reactive ketones (excluding diaryl/α,β-unsaturated/α-hetero) is 1. The Labute approximate surface area is 142 Å². The molecule has 1 aromatic heterocycles. The van der Waals surface area contributed by atoms with Gasteiger partial charge in [-0.2, -0.15) is 5.10 Å². The van der Waals surface area contributed by atoms with Gasteiger partial charge in [0, 0.05) is 27.6 Å². The van der Waals surface area contributed by atoms with E-state index in [0.29, 0.717) is 5.56 Å². The van der Waals surface area contributed by atoms with Crippen molar-refractivity contribution in [2.75, 3.05) is 0 Å². The number of carbonyl (C=O) groups is 2. The monoisotopic (exact) mass is 335 g/mol. The van der Waals surface area contributed by atoms with Crippen LogP contribution in [-0.2, 0) is 11.2 Å². The van der Waals surface area contributed by atoms with Gasteiger partial charge in [-0.15, -0.1) is 11.3 Å². The number of hydrogen-bond donors (Lipinski definition) is 1. The predicted molar refractivity (Wildman–Crippen MR) is 93.5 cm³/mol. The maximum Gasteiger partial charge on any atom is 0.246 e. The Hall–Kier alpha value is -2.86. The summed E-state index contributed by atoms with van der Waals surface area (Å²) in [4.78, 5) is 28.8. The first-order valence-corrected chi connectivity index (χ1v) is 8.36. The van der Waals surface area contributed by atoms with Gasteiger partial charge in [0.15, 0.2) is 0 Å². The second-order valence-electron chi connectivity index (χ2n) is 5.59. The normalized spacial score (nSPS) is 14.5. The molecule has 0 atom stereocenters. The van der Waals surface area contributed by atoms with Crippen LogP contribution in [0.1, 0.15) is 26.6 Å². The van der Waals surface area contributed by atoms with Crippen LogP contribution < -0.4 is 5.43 Å². The van der Waals surface area contributed by atoms with Crippen LogP contribution >= 0.6 is 11.3 Å². The first-order chi connectivity index (χ1) is 11.6. The van der Waals surface area contributed by atoms with E-state index in [0.717, 1.165) is 27.0 Å². The molecule has 1 aliphatic rings. The van der Waals surface area contributed by atoms with Gasteiger partial charge in [0.05, 0.1) is 6.42 Å². The highest BCUT2D eigenvalue weighted by atomic mass is 32.1. The van der Waals surface area contributed by atoms with Crippen LogP contribution in [0.3, 0.4) is 0 Å². The summed E-state index contributed by atoms with van der Waals surface area (Å²) in [7, 11) is 0. The molecule has 0 unspecified atom stereocenters. The van der Waals surface area contributed by atoms with Crippen molar-refractivity contribution >= 4 is 39.5 Å². The Bertz CT molecular complexity index is 1010. The van der Waals surface area contributed by atoms with E-state index in [1.165, 1.54) is 11.3 Å². The molecule has 0 spiro atoms. The van der Waals surface area contributed by atoms with E-state index in [4.69, 9.17) is 0 Å². The highest BCUT2D eigenvalue weighted by molar-refractivity contribution is 7.09. The molecule has 4 rings (SSSR count). The Morgan fingerprint density at radius 3 is 2.67 bits per heavy atom. The molecule has 0 fully saturated rings. The van der Waals surface area contributed by atoms with Crippen LogP contribution in [0.2, 0.25) is 0 Å². The lowest BCUT2D eigenvalue weighted by Gasteiger charge is -2.01. The van der Waals surface area contributed by atoms with Crippen molar-refractivity contribution in [2.45, 2.75) is 13.3 Å². The number of benzene rings is 2. The summed E-state index contributed by atoms with van der Waals surface area (Å²) >= 11 is 1.43. The quantitative estimate of drug-likeness (QED) is 0.748. The van der Waals surface area contributed by atoms with Crippen molar-refractivity contribution in [3.8, 4) is 0 Å². The molecule has 0 saturated carbocycles. The number of aromatic nitrogens is 1. The number of carbonyl (C=O) groups excluding carboxylic acids is 2. The molecule has 1 N–H and O–H groups in total. The summed E-state index contributed by atoms with van der Waals surface area (Å²) in [6.45, 7) is 1.88. The van der Waals surface area contributed by atoms with Crippen LogP contribution in [-0.4, -0.2) is 22.4 Å². The van der Waals surface area contributed by atoms with E-state index < -0.39 is 0 Å². The SMILES string of the molecule is Cc1csc(CC(=O)N/N=C2\C(=O)c3cccc4cccc2c34)n1. The minimum Gasteiger partial charge on any atom is -0.287 e. The molecule has 0 radical (unpaired) electrons. The summed E-state index contributed by atoms with van der Waals surface area (Å²) in [5.41, 5.74) is 5.05. The number of ketones is 1. The van der Waals surface area contributed by atoms with Gasteiger partial charge in [-0.05, 0) is 12.3 Å².